The van der Waals surface area contributed by atoms with E-state index in [0.29, 0.717) is 5.56 Å². The second-order valence-electron chi connectivity index (χ2n) is 6.51. The van der Waals surface area contributed by atoms with E-state index in [9.17, 15) is 8.42 Å². The lowest BCUT2D eigenvalue weighted by atomic mass is 10.0. The molecule has 1 N–H and O–H groups in total. The van der Waals surface area contributed by atoms with Gasteiger partial charge in [0.2, 0.25) is 0 Å². The molecule has 1 aromatic rings. The molecule has 0 aliphatic carbocycles. The van der Waals surface area contributed by atoms with Crippen molar-refractivity contribution in [1.29, 1.82) is 0 Å². The highest BCUT2D eigenvalue weighted by Gasteiger charge is 2.12. The Bertz CT molecular complexity index is 550. The zero-order valence-corrected chi connectivity index (χ0v) is 15.5. The highest BCUT2D eigenvalue weighted by Crippen LogP contribution is 2.18. The number of rotatable bonds is 12. The zero-order valence-electron chi connectivity index (χ0n) is 14.7. The molecular weight excluding hydrogens is 308 g/mol. The lowest BCUT2D eigenvalue weighted by molar-refractivity contribution is 0.482. The van der Waals surface area contributed by atoms with Crippen LogP contribution in [0, 0.1) is 6.92 Å². The van der Waals surface area contributed by atoms with Crippen LogP contribution in [0.25, 0.3) is 0 Å². The summed E-state index contributed by atoms with van der Waals surface area (Å²) in [5, 5.41) is 0. The third-order valence-corrected chi connectivity index (χ3v) is 5.35. The monoisotopic (exact) mass is 340 g/mol. The Balaban J connectivity index is 2.16. The number of unbranched alkanes of at least 4 members (excludes halogenated alkanes) is 9. The fourth-order valence-electron chi connectivity index (χ4n) is 2.97. The predicted octanol–water partition coefficient (Wildman–Crippen LogP) is 5.71. The molecule has 1 rings (SSSR count). The molecule has 0 amide bonds. The molecule has 1 aromatic carbocycles. The predicted molar refractivity (Wildman–Crippen MR) is 96.5 cm³/mol. The standard InChI is InChI=1S/C19H32O3S/c1-3-4-5-6-7-8-9-10-11-12-13-18-14-15-19(17(2)16-18)23(20,21)22/h14-16H,3-13H2,1-2H3,(H,20,21,22). The number of hydrogen-bond donors (Lipinski definition) is 1. The second-order valence-corrected chi connectivity index (χ2v) is 7.90. The molecule has 0 saturated carbocycles. The third kappa shape index (κ3) is 8.52. The summed E-state index contributed by atoms with van der Waals surface area (Å²) in [5.74, 6) is 0. The van der Waals surface area contributed by atoms with Crippen LogP contribution < -0.4 is 0 Å². The first-order chi connectivity index (χ1) is 10.9. The molecule has 0 aliphatic heterocycles. The molecule has 0 aromatic heterocycles. The van der Waals surface area contributed by atoms with Crippen molar-refractivity contribution in [2.24, 2.45) is 0 Å². The van der Waals surface area contributed by atoms with Crippen molar-refractivity contribution in [2.75, 3.05) is 0 Å². The minimum Gasteiger partial charge on any atom is -0.282 e. The van der Waals surface area contributed by atoms with Crippen LogP contribution in [-0.4, -0.2) is 13.0 Å². The number of benzene rings is 1. The smallest absolute Gasteiger partial charge is 0.282 e. The average molecular weight is 341 g/mol. The van der Waals surface area contributed by atoms with E-state index in [-0.39, 0.29) is 4.90 Å². The molecule has 0 saturated heterocycles. The van der Waals surface area contributed by atoms with Gasteiger partial charge < -0.3 is 0 Å². The fourth-order valence-corrected chi connectivity index (χ4v) is 3.68. The molecule has 0 bridgehead atoms. The van der Waals surface area contributed by atoms with Gasteiger partial charge in [0.25, 0.3) is 10.1 Å². The molecule has 0 heterocycles. The summed E-state index contributed by atoms with van der Waals surface area (Å²) in [6, 6.07) is 5.19. The maximum absolute atomic E-state index is 11.2. The Morgan fingerprint density at radius 1 is 0.870 bits per heavy atom. The Kier molecular flexibility index (Phi) is 9.49. The molecule has 23 heavy (non-hydrogen) atoms. The zero-order chi connectivity index (χ0) is 17.1. The first-order valence-corrected chi connectivity index (χ1v) is 10.5. The number of aryl methyl sites for hydroxylation is 2. The molecule has 0 aliphatic rings. The van der Waals surface area contributed by atoms with E-state index < -0.39 is 10.1 Å². The summed E-state index contributed by atoms with van der Waals surface area (Å²) in [5.41, 5.74) is 1.77. The Morgan fingerprint density at radius 2 is 1.39 bits per heavy atom. The van der Waals surface area contributed by atoms with Crippen LogP contribution >= 0.6 is 0 Å². The first kappa shape index (κ1) is 20.2. The maximum Gasteiger partial charge on any atom is 0.294 e. The summed E-state index contributed by atoms with van der Waals surface area (Å²) < 4.78 is 31.4. The van der Waals surface area contributed by atoms with E-state index in [1.165, 1.54) is 63.9 Å². The van der Waals surface area contributed by atoms with Crippen molar-refractivity contribution >= 4 is 10.1 Å². The molecule has 3 nitrogen and oxygen atoms in total. The highest BCUT2D eigenvalue weighted by molar-refractivity contribution is 7.85. The lowest BCUT2D eigenvalue weighted by Gasteiger charge is -2.06. The van der Waals surface area contributed by atoms with E-state index in [0.717, 1.165) is 18.4 Å². The van der Waals surface area contributed by atoms with Crippen molar-refractivity contribution in [3.8, 4) is 0 Å². The topological polar surface area (TPSA) is 54.4 Å². The molecule has 0 radical (unpaired) electrons. The van der Waals surface area contributed by atoms with Crippen LogP contribution in [0.2, 0.25) is 0 Å². The molecule has 132 valence electrons. The van der Waals surface area contributed by atoms with Crippen LogP contribution in [0.5, 0.6) is 0 Å². The van der Waals surface area contributed by atoms with E-state index in [1.807, 2.05) is 12.1 Å². The fraction of sp³-hybridized carbons (Fsp3) is 0.684. The van der Waals surface area contributed by atoms with Gasteiger partial charge in [-0.25, -0.2) is 0 Å². The van der Waals surface area contributed by atoms with Crippen molar-refractivity contribution in [2.45, 2.75) is 89.4 Å². The maximum atomic E-state index is 11.2. The normalized spacial score (nSPS) is 11.8. The third-order valence-electron chi connectivity index (χ3n) is 4.34. The van der Waals surface area contributed by atoms with Crippen LogP contribution in [0.3, 0.4) is 0 Å². The van der Waals surface area contributed by atoms with Crippen molar-refractivity contribution in [3.05, 3.63) is 29.3 Å². The first-order valence-electron chi connectivity index (χ1n) is 9.02. The molecule has 4 heteroatoms. The minimum absolute atomic E-state index is 0.0179. The Hall–Kier alpha value is -0.870. The van der Waals surface area contributed by atoms with Gasteiger partial charge in [0.15, 0.2) is 0 Å². The van der Waals surface area contributed by atoms with Crippen molar-refractivity contribution in [3.63, 3.8) is 0 Å². The molecule has 0 atom stereocenters. The van der Waals surface area contributed by atoms with E-state index in [2.05, 4.69) is 6.92 Å². The molecule has 0 fully saturated rings. The van der Waals surface area contributed by atoms with E-state index in [1.54, 1.807) is 6.92 Å². The van der Waals surface area contributed by atoms with Gasteiger partial charge >= 0.3 is 0 Å². The number of hydrogen-bond acceptors (Lipinski definition) is 2. The van der Waals surface area contributed by atoms with Gasteiger partial charge in [-0.1, -0.05) is 76.8 Å². The molecular formula is C19H32O3S. The summed E-state index contributed by atoms with van der Waals surface area (Å²) in [6.07, 6.45) is 14.1. The van der Waals surface area contributed by atoms with Crippen LogP contribution in [0.4, 0.5) is 0 Å². The van der Waals surface area contributed by atoms with Crippen LogP contribution in [0.1, 0.15) is 82.3 Å². The van der Waals surface area contributed by atoms with E-state index in [4.69, 9.17) is 4.55 Å². The summed E-state index contributed by atoms with van der Waals surface area (Å²) >= 11 is 0. The summed E-state index contributed by atoms with van der Waals surface area (Å²) in [6.45, 7) is 3.98. The Labute approximate surface area is 142 Å². The van der Waals surface area contributed by atoms with Gasteiger partial charge in [-0.3, -0.25) is 4.55 Å². The highest BCUT2D eigenvalue weighted by atomic mass is 32.2. The summed E-state index contributed by atoms with van der Waals surface area (Å²) in [7, 11) is -4.09. The Morgan fingerprint density at radius 3 is 1.87 bits per heavy atom. The second kappa shape index (κ2) is 10.8. The largest absolute Gasteiger partial charge is 0.294 e. The van der Waals surface area contributed by atoms with Gasteiger partial charge in [0, 0.05) is 0 Å². The van der Waals surface area contributed by atoms with Crippen molar-refractivity contribution < 1.29 is 13.0 Å². The van der Waals surface area contributed by atoms with Gasteiger partial charge in [0.05, 0.1) is 4.90 Å². The molecule has 0 unspecified atom stereocenters. The van der Waals surface area contributed by atoms with Crippen molar-refractivity contribution in [1.82, 2.24) is 0 Å². The average Bonchev–Trinajstić information content (AvgIpc) is 2.48. The quantitative estimate of drug-likeness (QED) is 0.392. The summed E-state index contributed by atoms with van der Waals surface area (Å²) in [4.78, 5) is 0.0179. The molecule has 0 spiro atoms. The van der Waals surface area contributed by atoms with Gasteiger partial charge in [-0.05, 0) is 37.0 Å². The van der Waals surface area contributed by atoms with Crippen LogP contribution in [-0.2, 0) is 16.5 Å². The SMILES string of the molecule is CCCCCCCCCCCCc1ccc(S(=O)(=O)O)c(C)c1. The van der Waals surface area contributed by atoms with E-state index >= 15 is 0 Å². The van der Waals surface area contributed by atoms with Gasteiger partial charge in [0.1, 0.15) is 0 Å². The van der Waals surface area contributed by atoms with Gasteiger partial charge in [-0.15, -0.1) is 0 Å². The minimum atomic E-state index is -4.09. The van der Waals surface area contributed by atoms with Gasteiger partial charge in [-0.2, -0.15) is 8.42 Å². The van der Waals surface area contributed by atoms with Crippen LogP contribution in [0.15, 0.2) is 23.1 Å². The lowest BCUT2D eigenvalue weighted by Crippen LogP contribution is -2.01.